The SMILES string of the molecule is CCCCC(CCCCCCCCCCC1CCCO1)SC(CCCC)CCCCCCCCCCC1CCCO1. The highest BCUT2D eigenvalue weighted by molar-refractivity contribution is 8.00. The second-order valence-corrected chi connectivity index (χ2v) is 15.4. The molecule has 4 atom stereocenters. The number of hydrogen-bond acceptors (Lipinski definition) is 3. The van der Waals surface area contributed by atoms with Crippen LogP contribution in [0, 0.1) is 0 Å². The molecule has 0 spiro atoms. The molecule has 0 aromatic rings. The zero-order chi connectivity index (χ0) is 29.1. The topological polar surface area (TPSA) is 18.5 Å². The largest absolute Gasteiger partial charge is 0.378 e. The molecule has 0 bridgehead atoms. The lowest BCUT2D eigenvalue weighted by atomic mass is 10.0. The summed E-state index contributed by atoms with van der Waals surface area (Å²) in [5, 5.41) is 1.84. The number of ether oxygens (including phenoxy) is 2. The molecule has 2 heterocycles. The van der Waals surface area contributed by atoms with Crippen molar-refractivity contribution in [3.05, 3.63) is 0 Å². The van der Waals surface area contributed by atoms with Gasteiger partial charge in [-0.2, -0.15) is 11.8 Å². The van der Waals surface area contributed by atoms with Gasteiger partial charge in [0.1, 0.15) is 0 Å². The second-order valence-electron chi connectivity index (χ2n) is 13.7. The zero-order valence-electron chi connectivity index (χ0n) is 28.2. The van der Waals surface area contributed by atoms with Crippen molar-refractivity contribution in [1.29, 1.82) is 0 Å². The Morgan fingerprint density at radius 1 is 0.463 bits per heavy atom. The predicted octanol–water partition coefficient (Wildman–Crippen LogP) is 13.0. The highest BCUT2D eigenvalue weighted by Gasteiger charge is 2.17. The first-order valence-electron chi connectivity index (χ1n) is 19.2. The lowest BCUT2D eigenvalue weighted by Crippen LogP contribution is -2.12. The standard InChI is InChI=1S/C38H74O2S/c1-3-5-29-37(31-21-17-13-9-7-11-15-19-25-35-27-23-33-39-35)41-38(30-6-4-2)32-22-18-14-10-8-12-16-20-26-36-28-24-34-40-36/h35-38H,3-34H2,1-2H3. The molecule has 0 N–H and O–H groups in total. The van der Waals surface area contributed by atoms with Crippen molar-refractivity contribution in [2.24, 2.45) is 0 Å². The molecular weight excluding hydrogens is 520 g/mol. The zero-order valence-corrected chi connectivity index (χ0v) is 29.0. The normalized spacial score (nSPS) is 20.6. The van der Waals surface area contributed by atoms with Gasteiger partial charge in [-0.15, -0.1) is 0 Å². The Morgan fingerprint density at radius 2 is 0.805 bits per heavy atom. The van der Waals surface area contributed by atoms with E-state index >= 15 is 0 Å². The highest BCUT2D eigenvalue weighted by atomic mass is 32.2. The minimum Gasteiger partial charge on any atom is -0.378 e. The Bertz CT molecular complexity index is 482. The molecule has 4 unspecified atom stereocenters. The molecule has 41 heavy (non-hydrogen) atoms. The molecule has 0 saturated carbocycles. The van der Waals surface area contributed by atoms with E-state index in [0.29, 0.717) is 12.2 Å². The van der Waals surface area contributed by atoms with Crippen LogP contribution in [-0.2, 0) is 9.47 Å². The van der Waals surface area contributed by atoms with Gasteiger partial charge in [-0.25, -0.2) is 0 Å². The first-order chi connectivity index (χ1) is 20.3. The second kappa shape index (κ2) is 27.8. The summed E-state index contributed by atoms with van der Waals surface area (Å²) in [5.41, 5.74) is 0. The number of thioether (sulfide) groups is 1. The van der Waals surface area contributed by atoms with Crippen LogP contribution in [0.1, 0.15) is 206 Å². The van der Waals surface area contributed by atoms with Gasteiger partial charge < -0.3 is 9.47 Å². The average Bonchev–Trinajstić information content (AvgIpc) is 3.71. The number of unbranched alkanes of at least 4 members (excludes halogenated alkanes) is 16. The minimum atomic E-state index is 0.599. The molecule has 244 valence electrons. The van der Waals surface area contributed by atoms with Crippen LogP contribution in [0.3, 0.4) is 0 Å². The van der Waals surface area contributed by atoms with Crippen molar-refractivity contribution in [2.75, 3.05) is 13.2 Å². The Kier molecular flexibility index (Phi) is 25.4. The molecule has 2 nitrogen and oxygen atoms in total. The quantitative estimate of drug-likeness (QED) is 0.0771. The molecule has 2 saturated heterocycles. The predicted molar refractivity (Wildman–Crippen MR) is 185 cm³/mol. The van der Waals surface area contributed by atoms with Gasteiger partial charge >= 0.3 is 0 Å². The summed E-state index contributed by atoms with van der Waals surface area (Å²) in [6, 6.07) is 0. The van der Waals surface area contributed by atoms with Gasteiger partial charge in [-0.1, -0.05) is 142 Å². The molecule has 0 radical (unpaired) electrons. The van der Waals surface area contributed by atoms with Crippen LogP contribution in [0.15, 0.2) is 0 Å². The maximum Gasteiger partial charge on any atom is 0.0576 e. The van der Waals surface area contributed by atoms with Crippen LogP contribution in [0.4, 0.5) is 0 Å². The van der Waals surface area contributed by atoms with Crippen LogP contribution in [-0.4, -0.2) is 35.9 Å². The van der Waals surface area contributed by atoms with Gasteiger partial charge in [-0.05, 0) is 64.2 Å². The summed E-state index contributed by atoms with van der Waals surface area (Å²) >= 11 is 2.42. The van der Waals surface area contributed by atoms with Gasteiger partial charge in [0.05, 0.1) is 12.2 Å². The summed E-state index contributed by atoms with van der Waals surface area (Å²) in [5.74, 6) is 0. The van der Waals surface area contributed by atoms with Crippen LogP contribution in [0.5, 0.6) is 0 Å². The van der Waals surface area contributed by atoms with Crippen molar-refractivity contribution in [1.82, 2.24) is 0 Å². The van der Waals surface area contributed by atoms with E-state index in [-0.39, 0.29) is 0 Å². The average molecular weight is 595 g/mol. The fraction of sp³-hybridized carbons (Fsp3) is 1.00. The molecule has 2 fully saturated rings. The van der Waals surface area contributed by atoms with Gasteiger partial charge in [0.15, 0.2) is 0 Å². The van der Waals surface area contributed by atoms with E-state index in [2.05, 4.69) is 25.6 Å². The molecule has 0 amide bonds. The molecule has 3 heteroatoms. The van der Waals surface area contributed by atoms with Crippen LogP contribution in [0.2, 0.25) is 0 Å². The summed E-state index contributed by atoms with van der Waals surface area (Å²) in [4.78, 5) is 0. The Balaban J connectivity index is 1.47. The number of hydrogen-bond donors (Lipinski definition) is 0. The monoisotopic (exact) mass is 595 g/mol. The first kappa shape index (κ1) is 37.5. The lowest BCUT2D eigenvalue weighted by Gasteiger charge is -2.24. The third-order valence-corrected chi connectivity index (χ3v) is 11.5. The summed E-state index contributed by atoms with van der Waals surface area (Å²) in [6.07, 6.45) is 43.6. The van der Waals surface area contributed by atoms with Crippen molar-refractivity contribution in [3.8, 4) is 0 Å². The fourth-order valence-electron chi connectivity index (χ4n) is 7.05. The molecule has 0 aliphatic carbocycles. The van der Waals surface area contributed by atoms with E-state index in [1.165, 1.54) is 193 Å². The van der Waals surface area contributed by atoms with Crippen molar-refractivity contribution in [3.63, 3.8) is 0 Å². The van der Waals surface area contributed by atoms with E-state index in [9.17, 15) is 0 Å². The summed E-state index contributed by atoms with van der Waals surface area (Å²) in [6.45, 7) is 6.78. The third kappa shape index (κ3) is 21.6. The third-order valence-electron chi connectivity index (χ3n) is 9.80. The maximum absolute atomic E-state index is 5.77. The van der Waals surface area contributed by atoms with Crippen molar-refractivity contribution >= 4 is 11.8 Å². The van der Waals surface area contributed by atoms with E-state index in [1.807, 2.05) is 0 Å². The van der Waals surface area contributed by atoms with Crippen LogP contribution >= 0.6 is 11.8 Å². The fourth-order valence-corrected chi connectivity index (χ4v) is 8.81. The molecular formula is C38H74O2S. The minimum absolute atomic E-state index is 0.599. The van der Waals surface area contributed by atoms with Crippen LogP contribution < -0.4 is 0 Å². The summed E-state index contributed by atoms with van der Waals surface area (Å²) in [7, 11) is 0. The molecule has 0 aromatic carbocycles. The molecule has 2 rings (SSSR count). The Labute approximate surface area is 263 Å². The van der Waals surface area contributed by atoms with E-state index in [0.717, 1.165) is 23.7 Å². The van der Waals surface area contributed by atoms with Gasteiger partial charge in [0.2, 0.25) is 0 Å². The number of rotatable bonds is 30. The maximum atomic E-state index is 5.77. The smallest absolute Gasteiger partial charge is 0.0576 e. The van der Waals surface area contributed by atoms with E-state index in [1.54, 1.807) is 0 Å². The molecule has 2 aliphatic heterocycles. The van der Waals surface area contributed by atoms with Gasteiger partial charge in [0.25, 0.3) is 0 Å². The van der Waals surface area contributed by atoms with Crippen LogP contribution in [0.25, 0.3) is 0 Å². The van der Waals surface area contributed by atoms with Crippen molar-refractivity contribution < 1.29 is 9.47 Å². The summed E-state index contributed by atoms with van der Waals surface area (Å²) < 4.78 is 11.5. The molecule has 0 aromatic heterocycles. The highest BCUT2D eigenvalue weighted by Crippen LogP contribution is 2.33. The Morgan fingerprint density at radius 3 is 1.15 bits per heavy atom. The van der Waals surface area contributed by atoms with Crippen molar-refractivity contribution in [2.45, 2.75) is 229 Å². The van der Waals surface area contributed by atoms with E-state index in [4.69, 9.17) is 9.47 Å². The lowest BCUT2D eigenvalue weighted by molar-refractivity contribution is 0.102. The van der Waals surface area contributed by atoms with Gasteiger partial charge in [-0.3, -0.25) is 0 Å². The first-order valence-corrected chi connectivity index (χ1v) is 20.1. The van der Waals surface area contributed by atoms with E-state index < -0.39 is 0 Å². The van der Waals surface area contributed by atoms with Gasteiger partial charge in [0, 0.05) is 23.7 Å². The molecule has 2 aliphatic rings. The Hall–Kier alpha value is 0.270.